The monoisotopic (exact) mass is 368 g/mol. The van der Waals surface area contributed by atoms with Crippen LogP contribution in [-0.2, 0) is 12.8 Å². The lowest BCUT2D eigenvalue weighted by Gasteiger charge is -2.03. The Morgan fingerprint density at radius 3 is 2.72 bits per heavy atom. The number of aromatic nitrogens is 3. The zero-order chi connectivity index (χ0) is 17.9. The number of nitrogens with zero attached hydrogens (tertiary/aromatic N) is 3. The molecule has 1 aromatic carbocycles. The van der Waals surface area contributed by atoms with Gasteiger partial charge in [-0.2, -0.15) is 22.9 Å². The smallest absolute Gasteiger partial charge is 0.453 e. The number of nitrogens with one attached hydrogen (secondary N) is 1. The highest BCUT2D eigenvalue weighted by Crippen LogP contribution is 2.27. The molecule has 2 aromatic heterocycles. The van der Waals surface area contributed by atoms with Gasteiger partial charge in [-0.05, 0) is 36.5 Å². The molecule has 0 unspecified atom stereocenters. The molecular formula is C15H11F3N4O2S. The number of rotatable bonds is 5. The lowest BCUT2D eigenvalue weighted by molar-refractivity contribution is -0.147. The van der Waals surface area contributed by atoms with E-state index in [1.165, 1.54) is 0 Å². The number of furan rings is 1. The predicted molar refractivity (Wildman–Crippen MR) is 84.9 cm³/mol. The fourth-order valence-electron chi connectivity index (χ4n) is 1.91. The summed E-state index contributed by atoms with van der Waals surface area (Å²) in [6.07, 6.45) is -3.56. The lowest BCUT2D eigenvalue weighted by Crippen LogP contribution is -2.12. The normalized spacial score (nSPS) is 12.0. The number of H-pyrrole nitrogens is 1. The molecule has 0 saturated heterocycles. The van der Waals surface area contributed by atoms with Crippen molar-refractivity contribution in [2.75, 3.05) is 0 Å². The van der Waals surface area contributed by atoms with Gasteiger partial charge in [0.25, 0.3) is 5.82 Å². The molecule has 10 heteroatoms. The van der Waals surface area contributed by atoms with E-state index in [2.05, 4.69) is 15.3 Å². The highest BCUT2D eigenvalue weighted by molar-refractivity contribution is 7.71. The highest BCUT2D eigenvalue weighted by Gasteiger charge is 2.37. The Balaban J connectivity index is 1.71. The molecule has 0 radical (unpaired) electrons. The van der Waals surface area contributed by atoms with Crippen molar-refractivity contribution >= 4 is 18.4 Å². The average molecular weight is 368 g/mol. The molecule has 0 aliphatic rings. The van der Waals surface area contributed by atoms with E-state index in [0.29, 0.717) is 16.2 Å². The van der Waals surface area contributed by atoms with Crippen LogP contribution in [0, 0.1) is 4.77 Å². The van der Waals surface area contributed by atoms with Gasteiger partial charge in [0.15, 0.2) is 0 Å². The van der Waals surface area contributed by atoms with Crippen molar-refractivity contribution in [2.24, 2.45) is 5.10 Å². The molecule has 3 rings (SSSR count). The second kappa shape index (κ2) is 6.93. The van der Waals surface area contributed by atoms with Crippen LogP contribution in [0.3, 0.4) is 0 Å². The van der Waals surface area contributed by atoms with Crippen LogP contribution >= 0.6 is 12.2 Å². The van der Waals surface area contributed by atoms with Gasteiger partial charge in [0.2, 0.25) is 4.77 Å². The predicted octanol–water partition coefficient (Wildman–Crippen LogP) is 4.01. The quantitative estimate of drug-likeness (QED) is 0.546. The van der Waals surface area contributed by atoms with Crippen molar-refractivity contribution < 1.29 is 22.3 Å². The van der Waals surface area contributed by atoms with Crippen molar-refractivity contribution in [3.63, 3.8) is 0 Å². The number of ether oxygens (including phenoxy) is 1. The molecule has 0 aliphatic heterocycles. The Morgan fingerprint density at radius 1 is 1.24 bits per heavy atom. The first kappa shape index (κ1) is 17.0. The summed E-state index contributed by atoms with van der Waals surface area (Å²) in [5, 5.41) is 8.85. The van der Waals surface area contributed by atoms with Gasteiger partial charge in [0.05, 0.1) is 6.21 Å². The number of hydrogen-bond acceptors (Lipinski definition) is 5. The number of para-hydroxylation sites is 1. The van der Waals surface area contributed by atoms with E-state index in [1.54, 1.807) is 24.3 Å². The van der Waals surface area contributed by atoms with E-state index < -0.39 is 12.0 Å². The zero-order valence-electron chi connectivity index (χ0n) is 12.5. The van der Waals surface area contributed by atoms with Crippen molar-refractivity contribution in [3.05, 3.63) is 64.6 Å². The molecular weight excluding hydrogens is 357 g/mol. The molecule has 130 valence electrons. The van der Waals surface area contributed by atoms with Crippen LogP contribution in [0.1, 0.15) is 17.3 Å². The molecule has 0 amide bonds. The van der Waals surface area contributed by atoms with Gasteiger partial charge >= 0.3 is 6.18 Å². The molecule has 2 heterocycles. The van der Waals surface area contributed by atoms with Crippen molar-refractivity contribution in [3.8, 4) is 5.75 Å². The Morgan fingerprint density at radius 2 is 2.00 bits per heavy atom. The van der Waals surface area contributed by atoms with E-state index in [-0.39, 0.29) is 17.1 Å². The summed E-state index contributed by atoms with van der Waals surface area (Å²) >= 11 is 4.74. The second-order valence-corrected chi connectivity index (χ2v) is 5.20. The minimum Gasteiger partial charge on any atom is -0.486 e. The minimum atomic E-state index is -4.68. The third-order valence-electron chi connectivity index (χ3n) is 3.01. The van der Waals surface area contributed by atoms with Crippen molar-refractivity contribution in [2.45, 2.75) is 12.8 Å². The van der Waals surface area contributed by atoms with Gasteiger partial charge in [-0.3, -0.25) is 0 Å². The maximum atomic E-state index is 12.8. The summed E-state index contributed by atoms with van der Waals surface area (Å²) in [7, 11) is 0. The van der Waals surface area contributed by atoms with Crippen molar-refractivity contribution in [1.82, 2.24) is 14.9 Å². The first-order valence-corrected chi connectivity index (χ1v) is 7.40. The topological polar surface area (TPSA) is 68.3 Å². The summed E-state index contributed by atoms with van der Waals surface area (Å²) in [5.41, 5.74) is 0. The Hall–Kier alpha value is -2.88. The van der Waals surface area contributed by atoms with E-state index in [1.807, 2.05) is 18.2 Å². The molecule has 0 saturated carbocycles. The Bertz CT molecular complexity index is 928. The highest BCUT2D eigenvalue weighted by atomic mass is 32.1. The number of aromatic amines is 1. The van der Waals surface area contributed by atoms with Crippen LogP contribution in [0.15, 0.2) is 52.0 Å². The molecule has 0 bridgehead atoms. The summed E-state index contributed by atoms with van der Waals surface area (Å²) in [6.45, 7) is 0.177. The largest absolute Gasteiger partial charge is 0.486 e. The first-order chi connectivity index (χ1) is 11.9. The van der Waals surface area contributed by atoms with Crippen LogP contribution in [0.4, 0.5) is 13.2 Å². The van der Waals surface area contributed by atoms with Crippen LogP contribution in [-0.4, -0.2) is 21.1 Å². The zero-order valence-corrected chi connectivity index (χ0v) is 13.3. The minimum absolute atomic E-state index is 0.177. The molecule has 0 fully saturated rings. The fraction of sp³-hybridized carbons (Fsp3) is 0.133. The van der Waals surface area contributed by atoms with Crippen LogP contribution in [0.2, 0.25) is 0 Å². The third kappa shape index (κ3) is 4.15. The van der Waals surface area contributed by atoms with Gasteiger partial charge in [-0.25, -0.2) is 5.10 Å². The van der Waals surface area contributed by atoms with Gasteiger partial charge in [-0.15, -0.1) is 5.10 Å². The first-order valence-electron chi connectivity index (χ1n) is 6.99. The number of hydrogen-bond donors (Lipinski definition) is 1. The van der Waals surface area contributed by atoms with Crippen molar-refractivity contribution in [1.29, 1.82) is 0 Å². The van der Waals surface area contributed by atoms with Gasteiger partial charge in [0, 0.05) is 0 Å². The molecule has 3 aromatic rings. The van der Waals surface area contributed by atoms with E-state index in [9.17, 15) is 13.2 Å². The molecule has 1 N–H and O–H groups in total. The molecule has 6 nitrogen and oxygen atoms in total. The fourth-order valence-corrected chi connectivity index (χ4v) is 2.09. The standard InChI is InChI=1S/C15H11F3N4O2S/c16-15(17,18)13-20-21-14(25)22(13)19-8-11-6-7-12(24-11)9-23-10-4-2-1-3-5-10/h1-8H,9H2,(H,21,25)/b19-8+. The van der Waals surface area contributed by atoms with Gasteiger partial charge in [-0.1, -0.05) is 18.2 Å². The van der Waals surface area contributed by atoms with E-state index in [0.717, 1.165) is 6.21 Å². The summed E-state index contributed by atoms with van der Waals surface area (Å²) in [5.74, 6) is 0.182. The molecule has 25 heavy (non-hydrogen) atoms. The van der Waals surface area contributed by atoms with Crippen LogP contribution < -0.4 is 4.74 Å². The number of benzene rings is 1. The maximum absolute atomic E-state index is 12.8. The van der Waals surface area contributed by atoms with Crippen LogP contribution in [0.25, 0.3) is 0 Å². The summed E-state index contributed by atoms with van der Waals surface area (Å²) in [4.78, 5) is 0. The van der Waals surface area contributed by atoms with Gasteiger partial charge in [0.1, 0.15) is 23.9 Å². The van der Waals surface area contributed by atoms with E-state index in [4.69, 9.17) is 21.4 Å². The molecule has 0 atom stereocenters. The molecule has 0 aliphatic carbocycles. The Kier molecular flexibility index (Phi) is 4.70. The second-order valence-electron chi connectivity index (χ2n) is 4.81. The maximum Gasteiger partial charge on any atom is 0.453 e. The van der Waals surface area contributed by atoms with Crippen LogP contribution in [0.5, 0.6) is 5.75 Å². The lowest BCUT2D eigenvalue weighted by atomic mass is 10.3. The summed E-state index contributed by atoms with van der Waals surface area (Å²) in [6, 6.07) is 12.3. The Labute approximate surface area is 144 Å². The SMILES string of the molecule is FC(F)(F)c1n[nH]c(=S)n1/N=C/c1ccc(COc2ccccc2)o1. The summed E-state index contributed by atoms with van der Waals surface area (Å²) < 4.78 is 49.5. The number of alkyl halides is 3. The number of halogens is 3. The van der Waals surface area contributed by atoms with E-state index >= 15 is 0 Å². The average Bonchev–Trinajstić information content (AvgIpc) is 3.18. The third-order valence-corrected chi connectivity index (χ3v) is 3.28. The molecule has 0 spiro atoms. The van der Waals surface area contributed by atoms with Gasteiger partial charge < -0.3 is 9.15 Å².